The molecule has 0 aliphatic rings. The maximum atomic E-state index is 11.9. The molecule has 0 fully saturated rings. The summed E-state index contributed by atoms with van der Waals surface area (Å²) in [6, 6.07) is 0. The highest BCUT2D eigenvalue weighted by Gasteiger charge is 2.34. The van der Waals surface area contributed by atoms with E-state index in [-0.39, 0.29) is 17.9 Å². The topological polar surface area (TPSA) is 57.6 Å². The molecular formula is C7H10F3NO3. The summed E-state index contributed by atoms with van der Waals surface area (Å²) in [4.78, 5) is 21.1. The molecule has 0 bridgehead atoms. The second kappa shape index (κ2) is 4.83. The molecule has 0 unspecified atom stereocenters. The summed E-state index contributed by atoms with van der Waals surface area (Å²) in [6.07, 6.45) is -4.30. The lowest BCUT2D eigenvalue weighted by Crippen LogP contribution is -2.42. The van der Waals surface area contributed by atoms with Crippen LogP contribution in [0.1, 0.15) is 13.3 Å². The summed E-state index contributed by atoms with van der Waals surface area (Å²) in [5.74, 6) is -3.40. The Labute approximate surface area is 78.3 Å². The van der Waals surface area contributed by atoms with Crippen LogP contribution < -0.4 is 0 Å². The Morgan fingerprint density at radius 3 is 2.14 bits per heavy atom. The second-order valence-corrected chi connectivity index (χ2v) is 2.65. The van der Waals surface area contributed by atoms with Crippen LogP contribution in [0.4, 0.5) is 13.2 Å². The molecule has 82 valence electrons. The van der Waals surface area contributed by atoms with Crippen LogP contribution in [0.25, 0.3) is 0 Å². The SMILES string of the molecule is CCCN(CC(F)(F)F)C(=O)C(=O)O. The first-order valence-electron chi connectivity index (χ1n) is 3.87. The fraction of sp³-hybridized carbons (Fsp3) is 0.714. The summed E-state index contributed by atoms with van der Waals surface area (Å²) in [7, 11) is 0. The van der Waals surface area contributed by atoms with E-state index in [0.29, 0.717) is 0 Å². The van der Waals surface area contributed by atoms with Crippen molar-refractivity contribution in [2.24, 2.45) is 0 Å². The standard InChI is InChI=1S/C7H10F3NO3/c1-2-3-11(4-7(8,9)10)5(12)6(13)14/h2-4H2,1H3,(H,13,14). The van der Waals surface area contributed by atoms with E-state index in [1.165, 1.54) is 0 Å². The monoisotopic (exact) mass is 213 g/mol. The number of amides is 1. The minimum absolute atomic E-state index is 0.218. The van der Waals surface area contributed by atoms with E-state index in [1.54, 1.807) is 6.92 Å². The van der Waals surface area contributed by atoms with Gasteiger partial charge in [-0.25, -0.2) is 4.79 Å². The van der Waals surface area contributed by atoms with Crippen molar-refractivity contribution in [1.82, 2.24) is 4.90 Å². The number of hydrogen-bond acceptors (Lipinski definition) is 2. The van der Waals surface area contributed by atoms with Crippen molar-refractivity contribution >= 4 is 11.9 Å². The number of halogens is 3. The van der Waals surface area contributed by atoms with Crippen LogP contribution >= 0.6 is 0 Å². The van der Waals surface area contributed by atoms with Gasteiger partial charge in [0.15, 0.2) is 0 Å². The smallest absolute Gasteiger partial charge is 0.406 e. The van der Waals surface area contributed by atoms with Gasteiger partial charge >= 0.3 is 18.1 Å². The third-order valence-corrected chi connectivity index (χ3v) is 1.33. The van der Waals surface area contributed by atoms with E-state index < -0.39 is 24.6 Å². The molecule has 0 atom stereocenters. The Morgan fingerprint density at radius 2 is 1.86 bits per heavy atom. The van der Waals surface area contributed by atoms with Gasteiger partial charge in [0, 0.05) is 6.54 Å². The number of rotatable bonds is 3. The number of alkyl halides is 3. The Balaban J connectivity index is 4.44. The number of carbonyl (C=O) groups is 2. The second-order valence-electron chi connectivity index (χ2n) is 2.65. The lowest BCUT2D eigenvalue weighted by atomic mass is 10.3. The molecule has 4 nitrogen and oxygen atoms in total. The van der Waals surface area contributed by atoms with Crippen molar-refractivity contribution in [1.29, 1.82) is 0 Å². The zero-order valence-electron chi connectivity index (χ0n) is 7.47. The largest absolute Gasteiger partial charge is 0.474 e. The molecule has 0 aromatic carbocycles. The van der Waals surface area contributed by atoms with E-state index in [9.17, 15) is 22.8 Å². The van der Waals surface area contributed by atoms with Gasteiger partial charge in [-0.2, -0.15) is 13.2 Å². The first-order valence-corrected chi connectivity index (χ1v) is 3.87. The fourth-order valence-electron chi connectivity index (χ4n) is 0.874. The predicted octanol–water partition coefficient (Wildman–Crippen LogP) is 0.872. The van der Waals surface area contributed by atoms with Gasteiger partial charge in [0.1, 0.15) is 6.54 Å². The van der Waals surface area contributed by atoms with E-state index in [4.69, 9.17) is 5.11 Å². The molecule has 0 radical (unpaired) electrons. The molecule has 0 aliphatic heterocycles. The Bertz CT molecular complexity index is 227. The molecule has 14 heavy (non-hydrogen) atoms. The van der Waals surface area contributed by atoms with Crippen molar-refractivity contribution < 1.29 is 27.9 Å². The number of aliphatic carboxylic acids is 1. The van der Waals surface area contributed by atoms with Crippen molar-refractivity contribution in [2.75, 3.05) is 13.1 Å². The van der Waals surface area contributed by atoms with Gasteiger partial charge < -0.3 is 10.0 Å². The van der Waals surface area contributed by atoms with E-state index in [2.05, 4.69) is 0 Å². The van der Waals surface area contributed by atoms with Crippen LogP contribution in [0.15, 0.2) is 0 Å². The third kappa shape index (κ3) is 4.68. The van der Waals surface area contributed by atoms with Crippen LogP contribution in [0.5, 0.6) is 0 Å². The van der Waals surface area contributed by atoms with E-state index in [1.807, 2.05) is 0 Å². The van der Waals surface area contributed by atoms with Gasteiger partial charge in [0.25, 0.3) is 0 Å². The van der Waals surface area contributed by atoms with Crippen LogP contribution in [-0.2, 0) is 9.59 Å². The molecule has 0 aliphatic carbocycles. The van der Waals surface area contributed by atoms with E-state index in [0.717, 1.165) is 0 Å². The van der Waals surface area contributed by atoms with Gasteiger partial charge in [-0.3, -0.25) is 4.79 Å². The van der Waals surface area contributed by atoms with Gasteiger partial charge in [-0.15, -0.1) is 0 Å². The molecule has 0 spiro atoms. The molecule has 0 aromatic heterocycles. The van der Waals surface area contributed by atoms with Crippen molar-refractivity contribution in [3.63, 3.8) is 0 Å². The van der Waals surface area contributed by atoms with E-state index >= 15 is 0 Å². The quantitative estimate of drug-likeness (QED) is 0.708. The number of carboxylic acids is 1. The molecule has 0 heterocycles. The lowest BCUT2D eigenvalue weighted by Gasteiger charge is -2.21. The zero-order chi connectivity index (χ0) is 11.4. The van der Waals surface area contributed by atoms with Crippen LogP contribution in [0.2, 0.25) is 0 Å². The maximum Gasteiger partial charge on any atom is 0.406 e. The number of hydrogen-bond donors (Lipinski definition) is 1. The van der Waals surface area contributed by atoms with Gasteiger partial charge in [-0.1, -0.05) is 6.92 Å². The minimum atomic E-state index is -4.57. The summed E-state index contributed by atoms with van der Waals surface area (Å²) >= 11 is 0. The first-order chi connectivity index (χ1) is 6.28. The highest BCUT2D eigenvalue weighted by atomic mass is 19.4. The zero-order valence-corrected chi connectivity index (χ0v) is 7.47. The minimum Gasteiger partial charge on any atom is -0.474 e. The molecule has 7 heteroatoms. The molecule has 1 amide bonds. The van der Waals surface area contributed by atoms with Crippen molar-refractivity contribution in [2.45, 2.75) is 19.5 Å². The number of carbonyl (C=O) groups excluding carboxylic acids is 1. The Kier molecular flexibility index (Phi) is 4.39. The molecule has 0 aromatic rings. The summed E-state index contributed by atoms with van der Waals surface area (Å²) in [5, 5.41) is 8.22. The molecule has 0 saturated heterocycles. The molecule has 1 N–H and O–H groups in total. The van der Waals surface area contributed by atoms with Crippen LogP contribution in [-0.4, -0.2) is 41.1 Å². The molecule has 0 rings (SSSR count). The average molecular weight is 213 g/mol. The highest BCUT2D eigenvalue weighted by Crippen LogP contribution is 2.16. The fourth-order valence-corrected chi connectivity index (χ4v) is 0.874. The Morgan fingerprint density at radius 1 is 1.36 bits per heavy atom. The summed E-state index contributed by atoms with van der Waals surface area (Å²) in [6.45, 7) is -0.185. The van der Waals surface area contributed by atoms with Gasteiger partial charge in [0.2, 0.25) is 0 Å². The van der Waals surface area contributed by atoms with Crippen molar-refractivity contribution in [3.8, 4) is 0 Å². The maximum absolute atomic E-state index is 11.9. The molecule has 0 saturated carbocycles. The van der Waals surface area contributed by atoms with Gasteiger partial charge in [0.05, 0.1) is 0 Å². The first kappa shape index (κ1) is 12.7. The van der Waals surface area contributed by atoms with Crippen LogP contribution in [0, 0.1) is 0 Å². The number of nitrogens with zero attached hydrogens (tertiary/aromatic N) is 1. The summed E-state index contributed by atoms with van der Waals surface area (Å²) < 4.78 is 35.6. The summed E-state index contributed by atoms with van der Waals surface area (Å²) in [5.41, 5.74) is 0. The highest BCUT2D eigenvalue weighted by molar-refractivity contribution is 6.31. The normalized spacial score (nSPS) is 11.1. The lowest BCUT2D eigenvalue weighted by molar-refractivity contribution is -0.169. The predicted molar refractivity (Wildman–Crippen MR) is 40.6 cm³/mol. The van der Waals surface area contributed by atoms with Gasteiger partial charge in [-0.05, 0) is 6.42 Å². The molecular weight excluding hydrogens is 203 g/mol. The average Bonchev–Trinajstić information content (AvgIpc) is 1.99. The Hall–Kier alpha value is -1.27. The number of carboxylic acid groups (broad SMARTS) is 1. The van der Waals surface area contributed by atoms with Crippen LogP contribution in [0.3, 0.4) is 0 Å². The third-order valence-electron chi connectivity index (χ3n) is 1.33. The van der Waals surface area contributed by atoms with Crippen molar-refractivity contribution in [3.05, 3.63) is 0 Å².